The van der Waals surface area contributed by atoms with Crippen LogP contribution in [0.1, 0.15) is 24.0 Å². The average molecular weight is 365 g/mol. The number of nitrogens with zero attached hydrogens (tertiary/aromatic N) is 2. The quantitative estimate of drug-likeness (QED) is 0.821. The van der Waals surface area contributed by atoms with E-state index in [0.717, 1.165) is 23.6 Å². The highest BCUT2D eigenvalue weighted by Crippen LogP contribution is 2.27. The molecule has 1 aromatic rings. The van der Waals surface area contributed by atoms with Gasteiger partial charge in [-0.2, -0.15) is 4.31 Å². The number of hydrogen-bond donors (Lipinski definition) is 1. The molecule has 25 heavy (non-hydrogen) atoms. The highest BCUT2D eigenvalue weighted by atomic mass is 32.2. The van der Waals surface area contributed by atoms with Gasteiger partial charge in [0.1, 0.15) is 0 Å². The Labute approximate surface area is 150 Å². The summed E-state index contributed by atoms with van der Waals surface area (Å²) in [7, 11) is -3.49. The smallest absolute Gasteiger partial charge is 0.243 e. The molecular formula is C18H27N3O3S. The Morgan fingerprint density at radius 2 is 1.80 bits per heavy atom. The number of sulfonamides is 1. The maximum atomic E-state index is 12.8. The molecule has 1 aromatic carbocycles. The van der Waals surface area contributed by atoms with E-state index < -0.39 is 10.0 Å². The van der Waals surface area contributed by atoms with Gasteiger partial charge in [0.15, 0.2) is 0 Å². The van der Waals surface area contributed by atoms with Crippen molar-refractivity contribution in [2.24, 2.45) is 5.92 Å². The molecule has 0 radical (unpaired) electrons. The van der Waals surface area contributed by atoms with Gasteiger partial charge in [-0.1, -0.05) is 6.07 Å². The first-order valence-corrected chi connectivity index (χ1v) is 10.4. The van der Waals surface area contributed by atoms with Crippen LogP contribution in [0.3, 0.4) is 0 Å². The lowest BCUT2D eigenvalue weighted by atomic mass is 10.1. The number of benzene rings is 1. The minimum Gasteiger partial charge on any atom is -0.339 e. The van der Waals surface area contributed by atoms with Crippen molar-refractivity contribution in [2.75, 3.05) is 39.3 Å². The second kappa shape index (κ2) is 7.43. The fraction of sp³-hybridized carbons (Fsp3) is 0.611. The normalized spacial score (nSPS) is 19.2. The van der Waals surface area contributed by atoms with Crippen LogP contribution in [0.25, 0.3) is 0 Å². The van der Waals surface area contributed by atoms with Crippen molar-refractivity contribution in [3.05, 3.63) is 29.3 Å². The molecule has 0 bridgehead atoms. The van der Waals surface area contributed by atoms with Crippen LogP contribution in [-0.2, 0) is 14.8 Å². The molecule has 6 nitrogen and oxygen atoms in total. The predicted molar refractivity (Wildman–Crippen MR) is 96.8 cm³/mol. The summed E-state index contributed by atoms with van der Waals surface area (Å²) in [6.45, 7) is 6.75. The van der Waals surface area contributed by atoms with Gasteiger partial charge >= 0.3 is 0 Å². The zero-order valence-corrected chi connectivity index (χ0v) is 15.8. The molecule has 1 aliphatic heterocycles. The molecule has 0 unspecified atom stereocenters. The lowest BCUT2D eigenvalue weighted by molar-refractivity contribution is -0.131. The summed E-state index contributed by atoms with van der Waals surface area (Å²) in [6, 6.07) is 5.23. The molecule has 0 aromatic heterocycles. The van der Waals surface area contributed by atoms with Crippen LogP contribution in [-0.4, -0.2) is 62.8 Å². The van der Waals surface area contributed by atoms with E-state index in [1.807, 2.05) is 19.9 Å². The number of nitrogens with one attached hydrogen (secondary N) is 1. The topological polar surface area (TPSA) is 69.7 Å². The van der Waals surface area contributed by atoms with E-state index in [0.29, 0.717) is 37.6 Å². The van der Waals surface area contributed by atoms with Crippen LogP contribution in [0.5, 0.6) is 0 Å². The molecular weight excluding hydrogens is 338 g/mol. The van der Waals surface area contributed by atoms with Crippen LogP contribution in [0, 0.1) is 19.8 Å². The molecule has 2 aliphatic rings. The Morgan fingerprint density at radius 1 is 1.12 bits per heavy atom. The second-order valence-corrected chi connectivity index (χ2v) is 9.04. The molecule has 3 rings (SSSR count). The van der Waals surface area contributed by atoms with Gasteiger partial charge in [-0.25, -0.2) is 8.42 Å². The molecule has 1 heterocycles. The summed E-state index contributed by atoms with van der Waals surface area (Å²) in [4.78, 5) is 14.3. The standard InChI is InChI=1S/C18H27N3O3S/c1-14-3-6-17(11-15(14)2)25(23,24)21-9-7-20(8-10-21)18(22)13-19-12-16-4-5-16/h3,6,11,16,19H,4-5,7-10,12-13H2,1-2H3. The molecule has 1 aliphatic carbocycles. The van der Waals surface area contributed by atoms with E-state index >= 15 is 0 Å². The first-order valence-electron chi connectivity index (χ1n) is 8.94. The van der Waals surface area contributed by atoms with Gasteiger partial charge < -0.3 is 10.2 Å². The van der Waals surface area contributed by atoms with Crippen LogP contribution in [0.15, 0.2) is 23.1 Å². The van der Waals surface area contributed by atoms with E-state index in [4.69, 9.17) is 0 Å². The number of rotatable bonds is 6. The van der Waals surface area contributed by atoms with Gasteiger partial charge in [-0.3, -0.25) is 4.79 Å². The lowest BCUT2D eigenvalue weighted by Crippen LogP contribution is -2.52. The number of carbonyl (C=O) groups is 1. The van der Waals surface area contributed by atoms with Crippen LogP contribution >= 0.6 is 0 Å². The number of aryl methyl sites for hydroxylation is 2. The Kier molecular flexibility index (Phi) is 5.46. The first kappa shape index (κ1) is 18.4. The average Bonchev–Trinajstić information content (AvgIpc) is 3.41. The first-order chi connectivity index (χ1) is 11.9. The van der Waals surface area contributed by atoms with Crippen molar-refractivity contribution < 1.29 is 13.2 Å². The summed E-state index contributed by atoms with van der Waals surface area (Å²) in [5, 5.41) is 3.20. The Bertz CT molecular complexity index is 736. The predicted octanol–water partition coefficient (Wildman–Crippen LogP) is 1.14. The van der Waals surface area contributed by atoms with Gasteiger partial charge in [0, 0.05) is 26.2 Å². The summed E-state index contributed by atoms with van der Waals surface area (Å²) < 4.78 is 27.1. The van der Waals surface area contributed by atoms with Crippen molar-refractivity contribution in [3.8, 4) is 0 Å². The lowest BCUT2D eigenvalue weighted by Gasteiger charge is -2.34. The minimum atomic E-state index is -3.49. The SMILES string of the molecule is Cc1ccc(S(=O)(=O)N2CCN(C(=O)CNCC3CC3)CC2)cc1C. The zero-order chi connectivity index (χ0) is 18.0. The summed E-state index contributed by atoms with van der Waals surface area (Å²) >= 11 is 0. The molecule has 7 heteroatoms. The fourth-order valence-electron chi connectivity index (χ4n) is 3.02. The van der Waals surface area contributed by atoms with E-state index in [1.54, 1.807) is 17.0 Å². The molecule has 138 valence electrons. The number of piperazine rings is 1. The van der Waals surface area contributed by atoms with E-state index in [9.17, 15) is 13.2 Å². The molecule has 1 saturated carbocycles. The van der Waals surface area contributed by atoms with E-state index in [2.05, 4.69) is 5.32 Å². The molecule has 1 amide bonds. The highest BCUT2D eigenvalue weighted by Gasteiger charge is 2.30. The molecule has 0 atom stereocenters. The van der Waals surface area contributed by atoms with Crippen LogP contribution < -0.4 is 5.32 Å². The molecule has 1 N–H and O–H groups in total. The summed E-state index contributed by atoms with van der Waals surface area (Å²) in [5.41, 5.74) is 2.05. The summed E-state index contributed by atoms with van der Waals surface area (Å²) in [5.74, 6) is 0.802. The van der Waals surface area contributed by atoms with Crippen molar-refractivity contribution in [1.29, 1.82) is 0 Å². The van der Waals surface area contributed by atoms with Gasteiger partial charge in [-0.05, 0) is 62.4 Å². The largest absolute Gasteiger partial charge is 0.339 e. The third kappa shape index (κ3) is 4.40. The van der Waals surface area contributed by atoms with Crippen LogP contribution in [0.2, 0.25) is 0 Å². The molecule has 2 fully saturated rings. The maximum Gasteiger partial charge on any atom is 0.243 e. The van der Waals surface area contributed by atoms with E-state index in [1.165, 1.54) is 17.1 Å². The van der Waals surface area contributed by atoms with Crippen molar-refractivity contribution in [1.82, 2.24) is 14.5 Å². The Hall–Kier alpha value is -1.44. The Balaban J connectivity index is 1.55. The van der Waals surface area contributed by atoms with Gasteiger partial charge in [0.05, 0.1) is 11.4 Å². The van der Waals surface area contributed by atoms with Crippen molar-refractivity contribution in [3.63, 3.8) is 0 Å². The van der Waals surface area contributed by atoms with Gasteiger partial charge in [-0.15, -0.1) is 0 Å². The fourth-order valence-corrected chi connectivity index (χ4v) is 4.53. The molecule has 1 saturated heterocycles. The third-order valence-electron chi connectivity index (χ3n) is 5.11. The number of carbonyl (C=O) groups excluding carboxylic acids is 1. The third-order valence-corrected chi connectivity index (χ3v) is 7.01. The van der Waals surface area contributed by atoms with Crippen molar-refractivity contribution >= 4 is 15.9 Å². The second-order valence-electron chi connectivity index (χ2n) is 7.11. The zero-order valence-electron chi connectivity index (χ0n) is 15.0. The minimum absolute atomic E-state index is 0.0591. The molecule has 0 spiro atoms. The Morgan fingerprint density at radius 3 is 2.40 bits per heavy atom. The highest BCUT2D eigenvalue weighted by molar-refractivity contribution is 7.89. The van der Waals surface area contributed by atoms with Crippen LogP contribution in [0.4, 0.5) is 0 Å². The van der Waals surface area contributed by atoms with E-state index in [-0.39, 0.29) is 5.91 Å². The number of amides is 1. The summed E-state index contributed by atoms with van der Waals surface area (Å²) in [6.07, 6.45) is 2.52. The monoisotopic (exact) mass is 365 g/mol. The van der Waals surface area contributed by atoms with Gasteiger partial charge in [0.25, 0.3) is 0 Å². The maximum absolute atomic E-state index is 12.8. The number of hydrogen-bond acceptors (Lipinski definition) is 4. The van der Waals surface area contributed by atoms with Gasteiger partial charge in [0.2, 0.25) is 15.9 Å². The van der Waals surface area contributed by atoms with Crippen molar-refractivity contribution in [2.45, 2.75) is 31.6 Å².